The molecule has 0 unspecified atom stereocenters. The Morgan fingerprint density at radius 3 is 2.74 bits per heavy atom. The number of H-pyrrole nitrogens is 1. The minimum Gasteiger partial charge on any atom is -0.398 e. The number of rotatable bonds is 2. The van der Waals surface area contributed by atoms with Gasteiger partial charge < -0.3 is 10.7 Å². The number of halogens is 1. The van der Waals surface area contributed by atoms with Crippen molar-refractivity contribution in [1.82, 2.24) is 9.97 Å². The summed E-state index contributed by atoms with van der Waals surface area (Å²) < 4.78 is 0. The van der Waals surface area contributed by atoms with Gasteiger partial charge in [-0.1, -0.05) is 36.0 Å². The molecule has 0 aliphatic carbocycles. The molecule has 0 spiro atoms. The molecule has 3 aromatic rings. The van der Waals surface area contributed by atoms with Crippen LogP contribution in [0.2, 0.25) is 5.02 Å². The molecule has 3 N–H and O–H groups in total. The molecule has 3 rings (SSSR count). The van der Waals surface area contributed by atoms with Gasteiger partial charge in [0.15, 0.2) is 0 Å². The van der Waals surface area contributed by atoms with Crippen LogP contribution in [0.3, 0.4) is 0 Å². The molecule has 0 aliphatic rings. The van der Waals surface area contributed by atoms with Crippen molar-refractivity contribution in [2.75, 3.05) is 5.73 Å². The lowest BCUT2D eigenvalue weighted by Crippen LogP contribution is -2.05. The zero-order valence-electron chi connectivity index (χ0n) is 9.85. The highest BCUT2D eigenvalue weighted by atomic mass is 35.5. The van der Waals surface area contributed by atoms with Crippen molar-refractivity contribution in [3.05, 3.63) is 58.9 Å². The standard InChI is InChI=1S/C14H10ClN3S/c15-8-5-6-9(10(16)7-8)13(19)14-17-11-3-1-2-4-12(11)18-14/h1-7H,16H2,(H,17,18). The lowest BCUT2D eigenvalue weighted by Gasteiger charge is -2.05. The first-order valence-corrected chi connectivity index (χ1v) is 6.48. The summed E-state index contributed by atoms with van der Waals surface area (Å²) in [5.41, 5.74) is 9.09. The molecular formula is C14H10ClN3S. The Labute approximate surface area is 120 Å². The molecule has 94 valence electrons. The quantitative estimate of drug-likeness (QED) is 0.430. The molecule has 3 nitrogen and oxygen atoms in total. The van der Waals surface area contributed by atoms with Crippen LogP contribution in [0.1, 0.15) is 11.4 Å². The van der Waals surface area contributed by atoms with Crippen molar-refractivity contribution in [3.63, 3.8) is 0 Å². The van der Waals surface area contributed by atoms with Crippen molar-refractivity contribution in [1.29, 1.82) is 0 Å². The molecule has 19 heavy (non-hydrogen) atoms. The van der Waals surface area contributed by atoms with Crippen LogP contribution in [0.25, 0.3) is 11.0 Å². The van der Waals surface area contributed by atoms with E-state index in [1.54, 1.807) is 12.1 Å². The van der Waals surface area contributed by atoms with Gasteiger partial charge in [-0.2, -0.15) is 0 Å². The molecule has 0 aliphatic heterocycles. The summed E-state index contributed by atoms with van der Waals surface area (Å²) in [5.74, 6) is 0.644. The number of anilines is 1. The van der Waals surface area contributed by atoms with Gasteiger partial charge in [0.1, 0.15) is 5.82 Å². The molecule has 0 saturated heterocycles. The highest BCUT2D eigenvalue weighted by Gasteiger charge is 2.12. The number of thiocarbonyl (C=S) groups is 1. The van der Waals surface area contributed by atoms with E-state index in [1.165, 1.54) is 0 Å². The minimum absolute atomic E-state index is 0.554. The van der Waals surface area contributed by atoms with Crippen molar-refractivity contribution in [3.8, 4) is 0 Å². The summed E-state index contributed by atoms with van der Waals surface area (Å²) in [5, 5.41) is 0.591. The van der Waals surface area contributed by atoms with E-state index in [1.807, 2.05) is 30.3 Å². The molecule has 1 aromatic heterocycles. The second kappa shape index (κ2) is 4.64. The van der Waals surface area contributed by atoms with Crippen LogP contribution in [-0.2, 0) is 0 Å². The van der Waals surface area contributed by atoms with Crippen LogP contribution in [0.15, 0.2) is 42.5 Å². The predicted octanol–water partition coefficient (Wildman–Crippen LogP) is 3.56. The van der Waals surface area contributed by atoms with Gasteiger partial charge in [0.2, 0.25) is 0 Å². The Morgan fingerprint density at radius 1 is 1.21 bits per heavy atom. The van der Waals surface area contributed by atoms with Crippen molar-refractivity contribution < 1.29 is 0 Å². The number of para-hydroxylation sites is 2. The second-order valence-corrected chi connectivity index (χ2v) is 5.01. The maximum Gasteiger partial charge on any atom is 0.150 e. The third-order valence-electron chi connectivity index (χ3n) is 2.86. The number of nitrogens with zero attached hydrogens (tertiary/aromatic N) is 1. The zero-order valence-corrected chi connectivity index (χ0v) is 11.4. The SMILES string of the molecule is Nc1cc(Cl)ccc1C(=S)c1nc2ccccc2[nH]1. The van der Waals surface area contributed by atoms with Gasteiger partial charge >= 0.3 is 0 Å². The fraction of sp³-hybridized carbons (Fsp3) is 0. The number of nitrogens with one attached hydrogen (secondary N) is 1. The highest BCUT2D eigenvalue weighted by molar-refractivity contribution is 7.81. The average Bonchev–Trinajstić information content (AvgIpc) is 2.81. The first-order valence-electron chi connectivity index (χ1n) is 5.69. The molecule has 0 atom stereocenters. The molecule has 0 radical (unpaired) electrons. The molecular weight excluding hydrogens is 278 g/mol. The number of hydrogen-bond acceptors (Lipinski definition) is 3. The zero-order chi connectivity index (χ0) is 13.4. The van der Waals surface area contributed by atoms with E-state index >= 15 is 0 Å². The monoisotopic (exact) mass is 287 g/mol. The van der Waals surface area contributed by atoms with Crippen LogP contribution in [-0.4, -0.2) is 14.8 Å². The van der Waals surface area contributed by atoms with Crippen molar-refractivity contribution >= 4 is 45.4 Å². The molecule has 0 amide bonds. The first-order chi connectivity index (χ1) is 9.15. The van der Waals surface area contributed by atoms with Crippen LogP contribution in [0, 0.1) is 0 Å². The third-order valence-corrected chi connectivity index (χ3v) is 3.51. The number of fused-ring (bicyclic) bond motifs is 1. The number of nitrogen functional groups attached to an aromatic ring is 1. The summed E-state index contributed by atoms with van der Waals surface area (Å²) >= 11 is 11.3. The lowest BCUT2D eigenvalue weighted by atomic mass is 10.1. The molecule has 0 saturated carbocycles. The summed E-state index contributed by atoms with van der Waals surface area (Å²) in [6, 6.07) is 13.0. The maximum atomic E-state index is 5.94. The van der Waals surface area contributed by atoms with Crippen LogP contribution in [0.4, 0.5) is 5.69 Å². The van der Waals surface area contributed by atoms with Gasteiger partial charge in [-0.3, -0.25) is 0 Å². The van der Waals surface area contributed by atoms with E-state index < -0.39 is 0 Å². The van der Waals surface area contributed by atoms with Crippen molar-refractivity contribution in [2.45, 2.75) is 0 Å². The van der Waals surface area contributed by atoms with Crippen LogP contribution < -0.4 is 5.73 Å². The summed E-state index contributed by atoms with van der Waals surface area (Å²) in [6.07, 6.45) is 0. The molecule has 0 fully saturated rings. The topological polar surface area (TPSA) is 54.7 Å². The van der Waals surface area contributed by atoms with Gasteiger partial charge in [0.25, 0.3) is 0 Å². The number of aromatic nitrogens is 2. The van der Waals surface area contributed by atoms with E-state index in [4.69, 9.17) is 29.6 Å². The van der Waals surface area contributed by atoms with E-state index in [-0.39, 0.29) is 0 Å². The van der Waals surface area contributed by atoms with Gasteiger partial charge in [0.05, 0.1) is 15.9 Å². The van der Waals surface area contributed by atoms with E-state index in [9.17, 15) is 0 Å². The molecule has 0 bridgehead atoms. The van der Waals surface area contributed by atoms with Gasteiger partial charge in [-0.05, 0) is 30.3 Å². The molecule has 2 aromatic carbocycles. The summed E-state index contributed by atoms with van der Waals surface area (Å²) in [4.78, 5) is 8.25. The normalized spacial score (nSPS) is 10.8. The van der Waals surface area contributed by atoms with Gasteiger partial charge in [-0.25, -0.2) is 4.98 Å². The third kappa shape index (κ3) is 2.20. The van der Waals surface area contributed by atoms with E-state index in [0.717, 1.165) is 16.6 Å². The Balaban J connectivity index is 2.08. The smallest absolute Gasteiger partial charge is 0.150 e. The Morgan fingerprint density at radius 2 is 2.00 bits per heavy atom. The largest absolute Gasteiger partial charge is 0.398 e. The van der Waals surface area contributed by atoms with E-state index in [0.29, 0.717) is 21.4 Å². The van der Waals surface area contributed by atoms with Crippen molar-refractivity contribution in [2.24, 2.45) is 0 Å². The maximum absolute atomic E-state index is 5.94. The van der Waals surface area contributed by atoms with Gasteiger partial charge in [-0.15, -0.1) is 0 Å². The number of benzene rings is 2. The second-order valence-electron chi connectivity index (χ2n) is 4.16. The minimum atomic E-state index is 0.554. The highest BCUT2D eigenvalue weighted by Crippen LogP contribution is 2.22. The van der Waals surface area contributed by atoms with Crippen LogP contribution >= 0.6 is 23.8 Å². The Hall–Kier alpha value is -1.91. The number of aromatic amines is 1. The molecule has 5 heteroatoms. The predicted molar refractivity (Wildman–Crippen MR) is 82.8 cm³/mol. The van der Waals surface area contributed by atoms with E-state index in [2.05, 4.69) is 9.97 Å². The Kier molecular flexibility index (Phi) is 2.97. The average molecular weight is 288 g/mol. The van der Waals surface area contributed by atoms with Gasteiger partial charge in [0, 0.05) is 16.3 Å². The Bertz CT molecular complexity index is 746. The fourth-order valence-electron chi connectivity index (χ4n) is 1.93. The summed E-state index contributed by atoms with van der Waals surface area (Å²) in [7, 11) is 0. The summed E-state index contributed by atoms with van der Waals surface area (Å²) in [6.45, 7) is 0. The number of imidazole rings is 1. The van der Waals surface area contributed by atoms with Crippen LogP contribution in [0.5, 0.6) is 0 Å². The lowest BCUT2D eigenvalue weighted by molar-refractivity contribution is 1.30. The number of nitrogens with two attached hydrogens (primary N) is 1. The first kappa shape index (κ1) is 12.1. The number of hydrogen-bond donors (Lipinski definition) is 2. The fourth-order valence-corrected chi connectivity index (χ4v) is 2.39. The molecule has 1 heterocycles.